The lowest BCUT2D eigenvalue weighted by atomic mass is 10.2. The van der Waals surface area contributed by atoms with Gasteiger partial charge in [0, 0.05) is 16.7 Å². The van der Waals surface area contributed by atoms with E-state index in [0.29, 0.717) is 10.5 Å². The molecule has 0 aliphatic heterocycles. The lowest BCUT2D eigenvalue weighted by Crippen LogP contribution is -2.15. The summed E-state index contributed by atoms with van der Waals surface area (Å²) in [5, 5.41) is 2.03. The van der Waals surface area contributed by atoms with E-state index in [1.165, 1.54) is 12.3 Å². The van der Waals surface area contributed by atoms with Crippen LogP contribution in [-0.2, 0) is 0 Å². The van der Waals surface area contributed by atoms with Crippen LogP contribution in [0.4, 0.5) is 14.5 Å². The topological polar surface area (TPSA) is 42.0 Å². The number of anilines is 1. The molecule has 1 aromatic carbocycles. The predicted octanol–water partition coefficient (Wildman–Crippen LogP) is 4.03. The van der Waals surface area contributed by atoms with Gasteiger partial charge in [-0.15, -0.1) is 0 Å². The predicted molar refractivity (Wildman–Crippen MR) is 71.3 cm³/mol. The minimum atomic E-state index is -0.949. The van der Waals surface area contributed by atoms with Crippen LogP contribution in [0, 0.1) is 11.6 Å². The average molecular weight is 348 g/mol. The van der Waals surface area contributed by atoms with Crippen molar-refractivity contribution in [2.45, 2.75) is 0 Å². The molecule has 0 saturated carbocycles. The number of aromatic nitrogens is 1. The summed E-state index contributed by atoms with van der Waals surface area (Å²) < 4.78 is 27.0. The maximum Gasteiger partial charge on any atom is 0.274 e. The minimum absolute atomic E-state index is 0.0861. The molecule has 0 bridgehead atoms. The van der Waals surface area contributed by atoms with Gasteiger partial charge in [-0.05, 0) is 34.1 Å². The molecule has 2 rings (SSSR count). The Morgan fingerprint density at radius 2 is 2.05 bits per heavy atom. The average Bonchev–Trinajstić information content (AvgIpc) is 2.34. The molecule has 0 aliphatic carbocycles. The molecular weight excluding hydrogens is 341 g/mol. The molecule has 0 aliphatic rings. The molecule has 0 atom stereocenters. The number of amides is 1. The van der Waals surface area contributed by atoms with Crippen molar-refractivity contribution in [3.05, 3.63) is 57.3 Å². The Morgan fingerprint density at radius 3 is 2.63 bits per heavy atom. The van der Waals surface area contributed by atoms with Crippen molar-refractivity contribution in [1.82, 2.24) is 4.98 Å². The maximum absolute atomic E-state index is 13.5. The Labute approximate surface area is 120 Å². The number of carbonyl (C=O) groups is 1. The number of rotatable bonds is 2. The molecule has 1 N–H and O–H groups in total. The van der Waals surface area contributed by atoms with Crippen LogP contribution in [0.1, 0.15) is 10.5 Å². The monoisotopic (exact) mass is 346 g/mol. The highest BCUT2D eigenvalue weighted by Gasteiger charge is 2.14. The summed E-state index contributed by atoms with van der Waals surface area (Å²) in [6.45, 7) is 0. The van der Waals surface area contributed by atoms with Gasteiger partial charge in [0.2, 0.25) is 0 Å². The zero-order valence-corrected chi connectivity index (χ0v) is 11.6. The van der Waals surface area contributed by atoms with Crippen molar-refractivity contribution < 1.29 is 13.6 Å². The molecular formula is C12H6BrClF2N2O. The van der Waals surface area contributed by atoms with Gasteiger partial charge in [-0.1, -0.05) is 11.6 Å². The largest absolute Gasteiger partial charge is 0.317 e. The second-order valence-corrected chi connectivity index (χ2v) is 4.88. The smallest absolute Gasteiger partial charge is 0.274 e. The molecule has 2 aromatic rings. The van der Waals surface area contributed by atoms with Gasteiger partial charge in [-0.3, -0.25) is 4.79 Å². The normalized spacial score (nSPS) is 10.3. The highest BCUT2D eigenvalue weighted by Crippen LogP contribution is 2.26. The molecule has 1 aromatic heterocycles. The highest BCUT2D eigenvalue weighted by molar-refractivity contribution is 9.10. The Bertz CT molecular complexity index is 611. The summed E-state index contributed by atoms with van der Waals surface area (Å²) in [7, 11) is 0. The van der Waals surface area contributed by atoms with E-state index in [9.17, 15) is 13.6 Å². The van der Waals surface area contributed by atoms with Crippen LogP contribution < -0.4 is 5.32 Å². The van der Waals surface area contributed by atoms with Crippen molar-refractivity contribution >= 4 is 39.1 Å². The van der Waals surface area contributed by atoms with E-state index in [4.69, 9.17) is 11.6 Å². The first-order valence-corrected chi connectivity index (χ1v) is 6.22. The fourth-order valence-electron chi connectivity index (χ4n) is 1.35. The van der Waals surface area contributed by atoms with Crippen LogP contribution in [0.15, 0.2) is 34.9 Å². The van der Waals surface area contributed by atoms with Crippen molar-refractivity contribution in [2.24, 2.45) is 0 Å². The number of nitrogens with zero attached hydrogens (tertiary/aromatic N) is 1. The molecule has 0 unspecified atom stereocenters. The first-order chi connectivity index (χ1) is 8.97. The number of hydrogen-bond acceptors (Lipinski definition) is 2. The van der Waals surface area contributed by atoms with E-state index in [1.807, 2.05) is 0 Å². The lowest BCUT2D eigenvalue weighted by molar-refractivity contribution is 0.102. The number of nitrogens with one attached hydrogen (secondary N) is 1. The second kappa shape index (κ2) is 5.63. The maximum atomic E-state index is 13.5. The molecule has 1 heterocycles. The van der Waals surface area contributed by atoms with Crippen molar-refractivity contribution in [3.8, 4) is 0 Å². The fraction of sp³-hybridized carbons (Fsp3) is 0. The van der Waals surface area contributed by atoms with E-state index in [2.05, 4.69) is 26.2 Å². The Morgan fingerprint density at radius 1 is 1.32 bits per heavy atom. The van der Waals surface area contributed by atoms with Gasteiger partial charge in [0.15, 0.2) is 5.82 Å². The third-order valence-corrected chi connectivity index (χ3v) is 2.97. The lowest BCUT2D eigenvalue weighted by Gasteiger charge is -2.08. The van der Waals surface area contributed by atoms with Crippen LogP contribution >= 0.6 is 27.5 Å². The van der Waals surface area contributed by atoms with Gasteiger partial charge in [-0.2, -0.15) is 0 Å². The first-order valence-electron chi connectivity index (χ1n) is 5.05. The van der Waals surface area contributed by atoms with Crippen molar-refractivity contribution in [3.63, 3.8) is 0 Å². The summed E-state index contributed by atoms with van der Waals surface area (Å²) in [5.74, 6) is -2.40. The van der Waals surface area contributed by atoms with E-state index in [1.54, 1.807) is 6.07 Å². The molecule has 19 heavy (non-hydrogen) atoms. The van der Waals surface area contributed by atoms with E-state index in [0.717, 1.165) is 6.07 Å². The number of benzene rings is 1. The Kier molecular flexibility index (Phi) is 4.11. The summed E-state index contributed by atoms with van der Waals surface area (Å²) >= 11 is 8.84. The van der Waals surface area contributed by atoms with Gasteiger partial charge in [0.25, 0.3) is 5.91 Å². The number of pyridine rings is 1. The summed E-state index contributed by atoms with van der Waals surface area (Å²) in [6.07, 6.45) is 1.43. The minimum Gasteiger partial charge on any atom is -0.317 e. The molecule has 3 nitrogen and oxygen atoms in total. The van der Waals surface area contributed by atoms with Gasteiger partial charge in [0.05, 0.1) is 10.7 Å². The van der Waals surface area contributed by atoms with Crippen LogP contribution in [0.2, 0.25) is 5.02 Å². The molecule has 1 amide bonds. The Balaban J connectivity index is 2.26. The van der Waals surface area contributed by atoms with E-state index >= 15 is 0 Å². The second-order valence-electron chi connectivity index (χ2n) is 3.56. The number of halogens is 4. The third-order valence-electron chi connectivity index (χ3n) is 2.21. The van der Waals surface area contributed by atoms with Crippen LogP contribution in [0.25, 0.3) is 0 Å². The number of carbonyl (C=O) groups excluding carboxylic acids is 1. The van der Waals surface area contributed by atoms with Gasteiger partial charge in [-0.25, -0.2) is 13.8 Å². The SMILES string of the molecule is O=C(Nc1c(F)cc(F)cc1Cl)c1ccc(Br)cn1. The molecule has 0 saturated heterocycles. The summed E-state index contributed by atoms with van der Waals surface area (Å²) in [4.78, 5) is 15.7. The van der Waals surface area contributed by atoms with E-state index in [-0.39, 0.29) is 16.4 Å². The quantitative estimate of drug-likeness (QED) is 0.891. The number of hydrogen-bond donors (Lipinski definition) is 1. The van der Waals surface area contributed by atoms with Gasteiger partial charge in [0.1, 0.15) is 11.5 Å². The summed E-state index contributed by atoms with van der Waals surface area (Å²) in [5.41, 5.74) is -0.194. The Hall–Kier alpha value is -1.53. The molecule has 0 spiro atoms. The van der Waals surface area contributed by atoms with Crippen LogP contribution in [0.5, 0.6) is 0 Å². The van der Waals surface area contributed by atoms with E-state index < -0.39 is 17.5 Å². The molecule has 7 heteroatoms. The molecule has 0 radical (unpaired) electrons. The fourth-order valence-corrected chi connectivity index (χ4v) is 1.83. The van der Waals surface area contributed by atoms with Crippen molar-refractivity contribution in [2.75, 3.05) is 5.32 Å². The third kappa shape index (κ3) is 3.27. The summed E-state index contributed by atoms with van der Waals surface area (Å²) in [6, 6.07) is 4.62. The zero-order chi connectivity index (χ0) is 14.0. The molecule has 98 valence electrons. The highest BCUT2D eigenvalue weighted by atomic mass is 79.9. The van der Waals surface area contributed by atoms with Crippen molar-refractivity contribution in [1.29, 1.82) is 0 Å². The zero-order valence-electron chi connectivity index (χ0n) is 9.25. The van der Waals surface area contributed by atoms with Crippen LogP contribution in [0.3, 0.4) is 0 Å². The molecule has 0 fully saturated rings. The van der Waals surface area contributed by atoms with Gasteiger partial charge < -0.3 is 5.32 Å². The standard InChI is InChI=1S/C12H6BrClF2N2O/c13-6-1-2-10(17-5-6)12(19)18-11-8(14)3-7(15)4-9(11)16/h1-5H,(H,18,19). The van der Waals surface area contributed by atoms with Crippen LogP contribution in [-0.4, -0.2) is 10.9 Å². The first kappa shape index (κ1) is 13.9. The van der Waals surface area contributed by atoms with Gasteiger partial charge >= 0.3 is 0 Å².